The molecule has 27 heavy (non-hydrogen) atoms. The van der Waals surface area contributed by atoms with Crippen molar-refractivity contribution in [1.82, 2.24) is 4.90 Å². The number of sulfonamides is 1. The summed E-state index contributed by atoms with van der Waals surface area (Å²) in [5, 5.41) is 0. The second-order valence-corrected chi connectivity index (χ2v) is 7.95. The van der Waals surface area contributed by atoms with Crippen molar-refractivity contribution in [2.24, 2.45) is 0 Å². The standard InChI is InChI=1S/C19H21FN2O4S/c1-3-19(23)22-9-8-13-4-6-16(10-14(13)12-22)21-27(24,25)18-11-15(20)5-7-17(18)26-2/h4-7,10-11,21H,3,8-9,12H2,1-2H3. The fourth-order valence-electron chi connectivity index (χ4n) is 3.13. The number of hydrogen-bond acceptors (Lipinski definition) is 4. The van der Waals surface area contributed by atoms with Crippen LogP contribution in [-0.4, -0.2) is 32.9 Å². The van der Waals surface area contributed by atoms with Gasteiger partial charge in [0, 0.05) is 25.2 Å². The smallest absolute Gasteiger partial charge is 0.265 e. The molecule has 0 radical (unpaired) electrons. The average molecular weight is 392 g/mol. The van der Waals surface area contributed by atoms with Gasteiger partial charge < -0.3 is 9.64 Å². The Bertz CT molecular complexity index is 976. The highest BCUT2D eigenvalue weighted by molar-refractivity contribution is 7.92. The first-order valence-corrected chi connectivity index (χ1v) is 10.1. The second-order valence-electron chi connectivity index (χ2n) is 6.30. The number of halogens is 1. The van der Waals surface area contributed by atoms with Crippen LogP contribution in [0.2, 0.25) is 0 Å². The first-order valence-electron chi connectivity index (χ1n) is 8.60. The van der Waals surface area contributed by atoms with Gasteiger partial charge in [-0.1, -0.05) is 13.0 Å². The molecule has 2 aromatic carbocycles. The van der Waals surface area contributed by atoms with E-state index in [1.165, 1.54) is 13.2 Å². The van der Waals surface area contributed by atoms with Crippen LogP contribution in [0.1, 0.15) is 24.5 Å². The van der Waals surface area contributed by atoms with Crippen LogP contribution in [0.15, 0.2) is 41.3 Å². The number of benzene rings is 2. The highest BCUT2D eigenvalue weighted by Crippen LogP contribution is 2.28. The van der Waals surface area contributed by atoms with Crippen LogP contribution in [0.5, 0.6) is 5.75 Å². The van der Waals surface area contributed by atoms with Gasteiger partial charge in [0.2, 0.25) is 5.91 Å². The van der Waals surface area contributed by atoms with Crippen molar-refractivity contribution in [3.63, 3.8) is 0 Å². The van der Waals surface area contributed by atoms with Gasteiger partial charge in [0.15, 0.2) is 0 Å². The molecular formula is C19H21FN2O4S. The summed E-state index contributed by atoms with van der Waals surface area (Å²) in [6.07, 6.45) is 1.16. The number of anilines is 1. The van der Waals surface area contributed by atoms with E-state index in [1.807, 2.05) is 13.0 Å². The normalized spacial score (nSPS) is 13.8. The van der Waals surface area contributed by atoms with E-state index in [4.69, 9.17) is 4.74 Å². The van der Waals surface area contributed by atoms with E-state index in [2.05, 4.69) is 4.72 Å². The van der Waals surface area contributed by atoms with Gasteiger partial charge >= 0.3 is 0 Å². The summed E-state index contributed by atoms with van der Waals surface area (Å²) in [5.41, 5.74) is 2.33. The minimum atomic E-state index is -4.04. The summed E-state index contributed by atoms with van der Waals surface area (Å²) >= 11 is 0. The number of amides is 1. The van der Waals surface area contributed by atoms with E-state index in [0.717, 1.165) is 29.7 Å². The molecule has 0 atom stereocenters. The van der Waals surface area contributed by atoms with Gasteiger partial charge in [-0.2, -0.15) is 0 Å². The summed E-state index contributed by atoms with van der Waals surface area (Å²) in [6.45, 7) is 2.92. The van der Waals surface area contributed by atoms with Gasteiger partial charge in [-0.25, -0.2) is 12.8 Å². The molecular weight excluding hydrogens is 371 g/mol. The first-order chi connectivity index (χ1) is 12.8. The monoisotopic (exact) mass is 392 g/mol. The highest BCUT2D eigenvalue weighted by atomic mass is 32.2. The van der Waals surface area contributed by atoms with Crippen molar-refractivity contribution in [3.05, 3.63) is 53.3 Å². The number of hydrogen-bond donors (Lipinski definition) is 1. The third-order valence-corrected chi connectivity index (χ3v) is 5.94. The zero-order valence-electron chi connectivity index (χ0n) is 15.2. The van der Waals surface area contributed by atoms with Gasteiger partial charge in [0.05, 0.1) is 7.11 Å². The Morgan fingerprint density at radius 1 is 1.22 bits per heavy atom. The lowest BCUT2D eigenvalue weighted by atomic mass is 9.99. The van der Waals surface area contributed by atoms with E-state index >= 15 is 0 Å². The van der Waals surface area contributed by atoms with E-state index in [-0.39, 0.29) is 16.6 Å². The van der Waals surface area contributed by atoms with Crippen LogP contribution >= 0.6 is 0 Å². The largest absolute Gasteiger partial charge is 0.495 e. The number of nitrogens with one attached hydrogen (secondary N) is 1. The van der Waals surface area contributed by atoms with Crippen LogP contribution in [0, 0.1) is 5.82 Å². The molecule has 0 bridgehead atoms. The molecule has 0 spiro atoms. The zero-order valence-corrected chi connectivity index (χ0v) is 16.0. The number of nitrogens with zero attached hydrogens (tertiary/aromatic N) is 1. The van der Waals surface area contributed by atoms with Gasteiger partial charge in [0.1, 0.15) is 16.5 Å². The van der Waals surface area contributed by atoms with Crippen molar-refractivity contribution in [3.8, 4) is 5.75 Å². The van der Waals surface area contributed by atoms with Crippen molar-refractivity contribution in [2.75, 3.05) is 18.4 Å². The lowest BCUT2D eigenvalue weighted by Crippen LogP contribution is -2.35. The Kier molecular flexibility index (Phi) is 5.36. The SMILES string of the molecule is CCC(=O)N1CCc2ccc(NS(=O)(=O)c3cc(F)ccc3OC)cc2C1. The van der Waals surface area contributed by atoms with Gasteiger partial charge in [-0.05, 0) is 47.9 Å². The van der Waals surface area contributed by atoms with Crippen LogP contribution in [0.4, 0.5) is 10.1 Å². The van der Waals surface area contributed by atoms with Gasteiger partial charge in [-0.15, -0.1) is 0 Å². The Hall–Kier alpha value is -2.61. The number of methoxy groups -OCH3 is 1. The molecule has 6 nitrogen and oxygen atoms in total. The van der Waals surface area contributed by atoms with E-state index < -0.39 is 15.8 Å². The summed E-state index contributed by atoms with van der Waals surface area (Å²) in [7, 11) is -2.71. The molecule has 0 saturated carbocycles. The first kappa shape index (κ1) is 19.2. The summed E-state index contributed by atoms with van der Waals surface area (Å²) in [5.74, 6) is -0.548. The average Bonchev–Trinajstić information content (AvgIpc) is 2.66. The summed E-state index contributed by atoms with van der Waals surface area (Å²) in [6, 6.07) is 8.55. The number of carbonyl (C=O) groups is 1. The number of carbonyl (C=O) groups excluding carboxylic acids is 1. The van der Waals surface area contributed by atoms with Gasteiger partial charge in [0.25, 0.3) is 10.0 Å². The van der Waals surface area contributed by atoms with Crippen LogP contribution in [-0.2, 0) is 27.8 Å². The topological polar surface area (TPSA) is 75.7 Å². The molecule has 1 aliphatic rings. The molecule has 144 valence electrons. The zero-order chi connectivity index (χ0) is 19.6. The fourth-order valence-corrected chi connectivity index (χ4v) is 4.36. The van der Waals surface area contributed by atoms with Crippen LogP contribution < -0.4 is 9.46 Å². The second kappa shape index (κ2) is 7.56. The maximum atomic E-state index is 13.5. The Morgan fingerprint density at radius 2 is 2.00 bits per heavy atom. The number of fused-ring (bicyclic) bond motifs is 1. The maximum Gasteiger partial charge on any atom is 0.265 e. The van der Waals surface area contributed by atoms with Crippen LogP contribution in [0.25, 0.3) is 0 Å². The van der Waals surface area contributed by atoms with E-state index in [9.17, 15) is 17.6 Å². The molecule has 1 heterocycles. The molecule has 3 rings (SSSR count). The molecule has 1 N–H and O–H groups in total. The molecule has 0 unspecified atom stereocenters. The molecule has 8 heteroatoms. The number of rotatable bonds is 5. The Balaban J connectivity index is 1.89. The molecule has 0 saturated heterocycles. The van der Waals surface area contributed by atoms with Crippen molar-refractivity contribution in [2.45, 2.75) is 31.2 Å². The lowest BCUT2D eigenvalue weighted by molar-refractivity contribution is -0.131. The number of ether oxygens (including phenoxy) is 1. The minimum absolute atomic E-state index is 0.0570. The minimum Gasteiger partial charge on any atom is -0.495 e. The van der Waals surface area contributed by atoms with E-state index in [1.54, 1.807) is 17.0 Å². The molecule has 0 aliphatic carbocycles. The maximum absolute atomic E-state index is 13.5. The van der Waals surface area contributed by atoms with E-state index in [0.29, 0.717) is 25.2 Å². The quantitative estimate of drug-likeness (QED) is 0.849. The van der Waals surface area contributed by atoms with Gasteiger partial charge in [-0.3, -0.25) is 9.52 Å². The van der Waals surface area contributed by atoms with Crippen LogP contribution in [0.3, 0.4) is 0 Å². The summed E-state index contributed by atoms with van der Waals surface area (Å²) < 4.78 is 46.4. The van der Waals surface area contributed by atoms with Crippen molar-refractivity contribution in [1.29, 1.82) is 0 Å². The molecule has 0 fully saturated rings. The molecule has 1 amide bonds. The molecule has 1 aliphatic heterocycles. The predicted molar refractivity (Wildman–Crippen MR) is 99.6 cm³/mol. The third kappa shape index (κ3) is 4.05. The lowest BCUT2D eigenvalue weighted by Gasteiger charge is -2.29. The summed E-state index contributed by atoms with van der Waals surface area (Å²) in [4.78, 5) is 13.4. The Labute approximate surface area is 158 Å². The fraction of sp³-hybridized carbons (Fsp3) is 0.316. The van der Waals surface area contributed by atoms with Crippen molar-refractivity contribution < 1.29 is 22.3 Å². The Morgan fingerprint density at radius 3 is 2.70 bits per heavy atom. The molecule has 0 aromatic heterocycles. The van der Waals surface area contributed by atoms with Crippen molar-refractivity contribution >= 4 is 21.6 Å². The predicted octanol–water partition coefficient (Wildman–Crippen LogP) is 2.93. The molecule has 2 aromatic rings. The highest BCUT2D eigenvalue weighted by Gasteiger charge is 2.23. The third-order valence-electron chi connectivity index (χ3n) is 4.54.